The van der Waals surface area contributed by atoms with E-state index >= 15 is 0 Å². The van der Waals surface area contributed by atoms with Gasteiger partial charge in [-0.25, -0.2) is 4.39 Å². The molecule has 0 radical (unpaired) electrons. The molecule has 1 saturated carbocycles. The summed E-state index contributed by atoms with van der Waals surface area (Å²) in [5.74, 6) is 0.864. The number of likely N-dealkylation sites (tertiary alicyclic amines) is 1. The number of hydrogen-bond acceptors (Lipinski definition) is 3. The lowest BCUT2D eigenvalue weighted by Gasteiger charge is -2.35. The Morgan fingerprint density at radius 3 is 2.83 bits per heavy atom. The number of benzene rings is 1. The third-order valence-corrected chi connectivity index (χ3v) is 5.12. The second kappa shape index (κ2) is 6.23. The highest BCUT2D eigenvalue weighted by molar-refractivity contribution is 5.94. The van der Waals surface area contributed by atoms with Gasteiger partial charge in [0.15, 0.2) is 0 Å². The third kappa shape index (κ3) is 2.75. The Bertz CT molecular complexity index is 720. The molecule has 4 nitrogen and oxygen atoms in total. The van der Waals surface area contributed by atoms with Crippen LogP contribution in [0.4, 0.5) is 4.39 Å². The monoisotopic (exact) mass is 326 g/mol. The number of ether oxygens (including phenoxy) is 1. The fourth-order valence-electron chi connectivity index (χ4n) is 3.98. The summed E-state index contributed by atoms with van der Waals surface area (Å²) in [7, 11) is 0. The van der Waals surface area contributed by atoms with Gasteiger partial charge in [-0.05, 0) is 61.6 Å². The van der Waals surface area contributed by atoms with E-state index in [0.717, 1.165) is 19.3 Å². The molecule has 2 aliphatic rings. The number of hydrogen-bond donors (Lipinski definition) is 0. The van der Waals surface area contributed by atoms with Crippen molar-refractivity contribution < 1.29 is 13.9 Å². The summed E-state index contributed by atoms with van der Waals surface area (Å²) in [4.78, 5) is 18.9. The standard InChI is InChI=1S/C19H19FN2O2/c20-15-4-7-17(8-5-15)24-12-18-13-3-6-16(10-13)22(18)19(23)14-2-1-9-21-11-14/h1-2,4-5,7-9,11,13,16,18H,3,6,10,12H2/t13-,16+,18+/m1/s1. The van der Waals surface area contributed by atoms with Crippen LogP contribution in [0.1, 0.15) is 29.6 Å². The molecule has 3 atom stereocenters. The molecule has 124 valence electrons. The summed E-state index contributed by atoms with van der Waals surface area (Å²) in [6, 6.07) is 9.96. The minimum absolute atomic E-state index is 0.0306. The highest BCUT2D eigenvalue weighted by Crippen LogP contribution is 2.43. The van der Waals surface area contributed by atoms with E-state index in [1.54, 1.807) is 36.7 Å². The Balaban J connectivity index is 1.50. The summed E-state index contributed by atoms with van der Waals surface area (Å²) in [5.41, 5.74) is 0.622. The van der Waals surface area contributed by atoms with Crippen molar-refractivity contribution in [2.45, 2.75) is 31.3 Å². The number of carbonyl (C=O) groups excluding carboxylic acids is 1. The molecule has 0 N–H and O–H groups in total. The Morgan fingerprint density at radius 2 is 2.08 bits per heavy atom. The van der Waals surface area contributed by atoms with Gasteiger partial charge in [0.1, 0.15) is 18.2 Å². The Hall–Kier alpha value is -2.43. The van der Waals surface area contributed by atoms with Crippen molar-refractivity contribution in [1.82, 2.24) is 9.88 Å². The highest BCUT2D eigenvalue weighted by Gasteiger charge is 2.48. The zero-order chi connectivity index (χ0) is 16.5. The number of amides is 1. The number of halogens is 1. The van der Waals surface area contributed by atoms with Crippen molar-refractivity contribution in [2.24, 2.45) is 5.92 Å². The van der Waals surface area contributed by atoms with Crippen LogP contribution in [-0.4, -0.2) is 34.5 Å². The number of rotatable bonds is 4. The van der Waals surface area contributed by atoms with Crippen LogP contribution in [-0.2, 0) is 0 Å². The SMILES string of the molecule is O=C(c1cccnc1)N1[C@H]2CC[C@H](C2)[C@@H]1COc1ccc(F)cc1. The van der Waals surface area contributed by atoms with Gasteiger partial charge < -0.3 is 9.64 Å². The predicted molar refractivity (Wildman–Crippen MR) is 87.2 cm³/mol. The second-order valence-corrected chi connectivity index (χ2v) is 6.51. The van der Waals surface area contributed by atoms with Crippen LogP contribution in [0.3, 0.4) is 0 Å². The molecular weight excluding hydrogens is 307 g/mol. The Morgan fingerprint density at radius 1 is 1.25 bits per heavy atom. The van der Waals surface area contributed by atoms with Gasteiger partial charge in [0.05, 0.1) is 11.6 Å². The summed E-state index contributed by atoms with van der Waals surface area (Å²) in [6.45, 7) is 0.443. The first-order valence-corrected chi connectivity index (χ1v) is 8.33. The summed E-state index contributed by atoms with van der Waals surface area (Å²) < 4.78 is 18.8. The van der Waals surface area contributed by atoms with Gasteiger partial charge in [0, 0.05) is 18.4 Å². The summed E-state index contributed by atoms with van der Waals surface area (Å²) in [5, 5.41) is 0. The fraction of sp³-hybridized carbons (Fsp3) is 0.368. The average molecular weight is 326 g/mol. The van der Waals surface area contributed by atoms with Gasteiger partial charge in [-0.2, -0.15) is 0 Å². The number of pyridine rings is 1. The van der Waals surface area contributed by atoms with E-state index in [-0.39, 0.29) is 17.8 Å². The molecule has 1 amide bonds. The normalized spacial score (nSPS) is 25.0. The minimum atomic E-state index is -0.282. The molecule has 5 heteroatoms. The van der Waals surface area contributed by atoms with Crippen LogP contribution in [0.15, 0.2) is 48.8 Å². The van der Waals surface area contributed by atoms with Crippen LogP contribution >= 0.6 is 0 Å². The molecule has 2 aromatic rings. The van der Waals surface area contributed by atoms with Crippen molar-refractivity contribution in [2.75, 3.05) is 6.61 Å². The second-order valence-electron chi connectivity index (χ2n) is 6.51. The van der Waals surface area contributed by atoms with E-state index < -0.39 is 0 Å². The molecule has 2 heterocycles. The molecule has 1 aliphatic heterocycles. The zero-order valence-corrected chi connectivity index (χ0v) is 13.3. The van der Waals surface area contributed by atoms with Crippen molar-refractivity contribution in [3.8, 4) is 5.75 Å². The molecule has 0 unspecified atom stereocenters. The Kier molecular flexibility index (Phi) is 3.92. The lowest BCUT2D eigenvalue weighted by molar-refractivity contribution is 0.0505. The number of nitrogens with zero attached hydrogens (tertiary/aromatic N) is 2. The van der Waals surface area contributed by atoms with E-state index in [9.17, 15) is 9.18 Å². The summed E-state index contributed by atoms with van der Waals surface area (Å²) >= 11 is 0. The van der Waals surface area contributed by atoms with Gasteiger partial charge in [0.25, 0.3) is 5.91 Å². The molecule has 0 spiro atoms. The van der Waals surface area contributed by atoms with Gasteiger partial charge in [-0.15, -0.1) is 0 Å². The van der Waals surface area contributed by atoms with E-state index in [4.69, 9.17) is 4.74 Å². The van der Waals surface area contributed by atoms with E-state index in [1.165, 1.54) is 12.1 Å². The lowest BCUT2D eigenvalue weighted by Crippen LogP contribution is -2.47. The molecule has 2 bridgehead atoms. The molecule has 1 aliphatic carbocycles. The quantitative estimate of drug-likeness (QED) is 0.866. The topological polar surface area (TPSA) is 42.4 Å². The first-order valence-electron chi connectivity index (χ1n) is 8.33. The van der Waals surface area contributed by atoms with Gasteiger partial charge >= 0.3 is 0 Å². The van der Waals surface area contributed by atoms with Crippen molar-refractivity contribution in [3.63, 3.8) is 0 Å². The fourth-order valence-corrected chi connectivity index (χ4v) is 3.98. The van der Waals surface area contributed by atoms with E-state index in [1.807, 2.05) is 4.90 Å². The molecular formula is C19H19FN2O2. The molecule has 1 aromatic carbocycles. The summed E-state index contributed by atoms with van der Waals surface area (Å²) in [6.07, 6.45) is 6.53. The molecule has 2 fully saturated rings. The highest BCUT2D eigenvalue weighted by atomic mass is 19.1. The Labute approximate surface area is 140 Å². The van der Waals surface area contributed by atoms with Crippen LogP contribution in [0.25, 0.3) is 0 Å². The zero-order valence-electron chi connectivity index (χ0n) is 13.3. The molecule has 24 heavy (non-hydrogen) atoms. The van der Waals surface area contributed by atoms with Crippen molar-refractivity contribution in [3.05, 3.63) is 60.2 Å². The third-order valence-electron chi connectivity index (χ3n) is 5.12. The van der Waals surface area contributed by atoms with E-state index in [2.05, 4.69) is 4.98 Å². The number of piperidine rings is 1. The maximum Gasteiger partial charge on any atom is 0.256 e. The number of fused-ring (bicyclic) bond motifs is 2. The van der Waals surface area contributed by atoms with Gasteiger partial charge in [0.2, 0.25) is 0 Å². The lowest BCUT2D eigenvalue weighted by atomic mass is 9.99. The largest absolute Gasteiger partial charge is 0.491 e. The van der Waals surface area contributed by atoms with Crippen LogP contribution < -0.4 is 4.74 Å². The number of aromatic nitrogens is 1. The predicted octanol–water partition coefficient (Wildman–Crippen LogP) is 3.29. The minimum Gasteiger partial charge on any atom is -0.491 e. The smallest absolute Gasteiger partial charge is 0.256 e. The molecule has 1 saturated heterocycles. The number of carbonyl (C=O) groups is 1. The maximum atomic E-state index is 13.0. The molecule has 4 rings (SSSR count). The first kappa shape index (κ1) is 15.1. The van der Waals surface area contributed by atoms with Crippen LogP contribution in [0.5, 0.6) is 5.75 Å². The van der Waals surface area contributed by atoms with Crippen molar-refractivity contribution in [1.29, 1.82) is 0 Å². The molecule has 1 aromatic heterocycles. The van der Waals surface area contributed by atoms with E-state index in [0.29, 0.717) is 29.9 Å². The van der Waals surface area contributed by atoms with Crippen LogP contribution in [0, 0.1) is 11.7 Å². The van der Waals surface area contributed by atoms with Gasteiger partial charge in [-0.1, -0.05) is 0 Å². The van der Waals surface area contributed by atoms with Crippen molar-refractivity contribution >= 4 is 5.91 Å². The van der Waals surface area contributed by atoms with Crippen LogP contribution in [0.2, 0.25) is 0 Å². The first-order chi connectivity index (χ1) is 11.7. The van der Waals surface area contributed by atoms with Gasteiger partial charge in [-0.3, -0.25) is 9.78 Å². The average Bonchev–Trinajstić information content (AvgIpc) is 3.23. The maximum absolute atomic E-state index is 13.0.